The Kier molecular flexibility index (Phi) is 3.80. The maximum atomic E-state index is 11.8. The van der Waals surface area contributed by atoms with Gasteiger partial charge in [0.15, 0.2) is 0 Å². The lowest BCUT2D eigenvalue weighted by molar-refractivity contribution is 0.0968. The van der Waals surface area contributed by atoms with Gasteiger partial charge in [0.1, 0.15) is 4.88 Å². The lowest BCUT2D eigenvalue weighted by Crippen LogP contribution is -2.17. The van der Waals surface area contributed by atoms with Crippen molar-refractivity contribution in [3.63, 3.8) is 0 Å². The van der Waals surface area contributed by atoms with Crippen molar-refractivity contribution in [2.75, 3.05) is 31.3 Å². The highest BCUT2D eigenvalue weighted by atomic mass is 32.1. The van der Waals surface area contributed by atoms with Crippen LogP contribution in [0.1, 0.15) is 47.3 Å². The second-order valence-corrected chi connectivity index (χ2v) is 5.84. The third-order valence-electron chi connectivity index (χ3n) is 3.29. The predicted octanol–water partition coefficient (Wildman–Crippen LogP) is 2.41. The van der Waals surface area contributed by atoms with E-state index in [2.05, 4.69) is 24.2 Å². The molecule has 1 heterocycles. The van der Waals surface area contributed by atoms with Crippen LogP contribution >= 0.6 is 11.3 Å². The molecule has 3 N–H and O–H groups in total. The van der Waals surface area contributed by atoms with Crippen LogP contribution in [0.15, 0.2) is 0 Å². The molecule has 0 spiro atoms. The molecule has 0 atom stereocenters. The Morgan fingerprint density at radius 3 is 2.72 bits per heavy atom. The molecule has 1 aromatic rings. The third-order valence-corrected chi connectivity index (χ3v) is 4.62. The van der Waals surface area contributed by atoms with E-state index in [4.69, 9.17) is 5.73 Å². The normalized spacial score (nSPS) is 14.6. The fraction of sp³-hybridized carbons (Fsp3) is 0.615. The zero-order chi connectivity index (χ0) is 13.3. The molecular weight excluding hydrogens is 246 g/mol. The number of nitrogens with two attached hydrogens (primary N) is 1. The van der Waals surface area contributed by atoms with Crippen LogP contribution in [0.4, 0.5) is 10.7 Å². The molecule has 0 saturated heterocycles. The Morgan fingerprint density at radius 2 is 2.22 bits per heavy atom. The van der Waals surface area contributed by atoms with E-state index < -0.39 is 0 Å². The molecule has 2 rings (SSSR count). The number of nitrogens with one attached hydrogen (secondary N) is 1. The Hall–Kier alpha value is -1.23. The number of hydrogen-bond donors (Lipinski definition) is 2. The quantitative estimate of drug-likeness (QED) is 0.861. The minimum atomic E-state index is -0.0736. The molecule has 1 fully saturated rings. The van der Waals surface area contributed by atoms with E-state index in [1.165, 1.54) is 34.7 Å². The van der Waals surface area contributed by atoms with Crippen molar-refractivity contribution in [3.8, 4) is 0 Å². The second kappa shape index (κ2) is 5.18. The molecule has 1 amide bonds. The first-order valence-corrected chi connectivity index (χ1v) is 7.27. The Balaban J connectivity index is 2.40. The number of nitrogen functional groups attached to an aromatic ring is 1. The van der Waals surface area contributed by atoms with Gasteiger partial charge in [0.05, 0.1) is 10.7 Å². The van der Waals surface area contributed by atoms with Gasteiger partial charge in [0.2, 0.25) is 0 Å². The van der Waals surface area contributed by atoms with Gasteiger partial charge in [-0.1, -0.05) is 6.92 Å². The second-order valence-electron chi connectivity index (χ2n) is 4.84. The Morgan fingerprint density at radius 1 is 1.56 bits per heavy atom. The van der Waals surface area contributed by atoms with Crippen LogP contribution in [0.5, 0.6) is 0 Å². The van der Waals surface area contributed by atoms with Gasteiger partial charge in [-0.2, -0.15) is 0 Å². The average molecular weight is 267 g/mol. The van der Waals surface area contributed by atoms with Crippen molar-refractivity contribution in [2.24, 2.45) is 0 Å². The lowest BCUT2D eigenvalue weighted by atomic mass is 10.1. The van der Waals surface area contributed by atoms with Gasteiger partial charge < -0.3 is 16.0 Å². The summed E-state index contributed by atoms with van der Waals surface area (Å²) in [6.07, 6.45) is 3.48. The topological polar surface area (TPSA) is 58.4 Å². The average Bonchev–Trinajstić information content (AvgIpc) is 3.12. The summed E-state index contributed by atoms with van der Waals surface area (Å²) in [5.41, 5.74) is 8.08. The lowest BCUT2D eigenvalue weighted by Gasteiger charge is -2.18. The van der Waals surface area contributed by atoms with E-state index in [-0.39, 0.29) is 5.91 Å². The van der Waals surface area contributed by atoms with E-state index in [0.717, 1.165) is 13.0 Å². The van der Waals surface area contributed by atoms with Gasteiger partial charge in [0.25, 0.3) is 5.91 Å². The van der Waals surface area contributed by atoms with E-state index in [1.807, 2.05) is 0 Å². The van der Waals surface area contributed by atoms with E-state index in [9.17, 15) is 4.79 Å². The SMILES string of the molecule is CCCN(C)c1sc(C(=O)NC)c(N)c1C1CC1. The van der Waals surface area contributed by atoms with E-state index in [0.29, 0.717) is 16.5 Å². The van der Waals surface area contributed by atoms with Crippen LogP contribution in [0.3, 0.4) is 0 Å². The van der Waals surface area contributed by atoms with E-state index in [1.54, 1.807) is 7.05 Å². The fourth-order valence-electron chi connectivity index (χ4n) is 2.21. The molecule has 1 aromatic heterocycles. The molecule has 0 unspecified atom stereocenters. The van der Waals surface area contributed by atoms with Crippen LogP contribution in [-0.4, -0.2) is 26.5 Å². The Bertz CT molecular complexity index is 451. The summed E-state index contributed by atoms with van der Waals surface area (Å²) in [6.45, 7) is 3.15. The van der Waals surface area contributed by atoms with Crippen molar-refractivity contribution >= 4 is 27.9 Å². The molecule has 0 bridgehead atoms. The number of thiophene rings is 1. The van der Waals surface area contributed by atoms with Crippen molar-refractivity contribution in [1.29, 1.82) is 0 Å². The highest BCUT2D eigenvalue weighted by molar-refractivity contribution is 7.18. The highest BCUT2D eigenvalue weighted by Gasteiger charge is 2.33. The molecular formula is C13H21N3OS. The number of nitrogens with zero attached hydrogens (tertiary/aromatic N) is 1. The summed E-state index contributed by atoms with van der Waals surface area (Å²) in [4.78, 5) is 14.7. The number of carbonyl (C=O) groups excluding carboxylic acids is 1. The van der Waals surface area contributed by atoms with Gasteiger partial charge in [-0.3, -0.25) is 4.79 Å². The summed E-state index contributed by atoms with van der Waals surface area (Å²) >= 11 is 1.52. The monoisotopic (exact) mass is 267 g/mol. The van der Waals surface area contributed by atoms with Gasteiger partial charge in [0, 0.05) is 26.2 Å². The van der Waals surface area contributed by atoms with Crippen molar-refractivity contribution in [2.45, 2.75) is 32.1 Å². The maximum absolute atomic E-state index is 11.8. The summed E-state index contributed by atoms with van der Waals surface area (Å²) in [6, 6.07) is 0. The summed E-state index contributed by atoms with van der Waals surface area (Å²) in [5, 5.41) is 3.84. The maximum Gasteiger partial charge on any atom is 0.263 e. The van der Waals surface area contributed by atoms with Crippen LogP contribution in [-0.2, 0) is 0 Å². The molecule has 100 valence electrons. The smallest absolute Gasteiger partial charge is 0.263 e. The van der Waals surface area contributed by atoms with Crippen LogP contribution in [0.25, 0.3) is 0 Å². The third kappa shape index (κ3) is 2.32. The van der Waals surface area contributed by atoms with Crippen LogP contribution in [0.2, 0.25) is 0 Å². The number of amides is 1. The zero-order valence-corrected chi connectivity index (χ0v) is 12.1. The van der Waals surface area contributed by atoms with Crippen molar-refractivity contribution in [3.05, 3.63) is 10.4 Å². The highest BCUT2D eigenvalue weighted by Crippen LogP contribution is 2.51. The number of rotatable bonds is 5. The first-order valence-electron chi connectivity index (χ1n) is 6.45. The largest absolute Gasteiger partial charge is 0.397 e. The van der Waals surface area contributed by atoms with Crippen LogP contribution in [0, 0.1) is 0 Å². The molecule has 1 aliphatic rings. The van der Waals surface area contributed by atoms with Crippen LogP contribution < -0.4 is 16.0 Å². The van der Waals surface area contributed by atoms with Gasteiger partial charge in [-0.05, 0) is 25.2 Å². The molecule has 4 nitrogen and oxygen atoms in total. The molecule has 0 aliphatic heterocycles. The van der Waals surface area contributed by atoms with Crippen molar-refractivity contribution < 1.29 is 4.79 Å². The zero-order valence-electron chi connectivity index (χ0n) is 11.2. The minimum Gasteiger partial charge on any atom is -0.397 e. The Labute approximate surface area is 112 Å². The van der Waals surface area contributed by atoms with Gasteiger partial charge >= 0.3 is 0 Å². The molecule has 5 heteroatoms. The predicted molar refractivity (Wildman–Crippen MR) is 77.7 cm³/mol. The standard InChI is InChI=1S/C13H21N3OS/c1-4-7-16(3)13-9(8-5-6-8)10(14)11(18-13)12(17)15-2/h8H,4-7,14H2,1-3H3,(H,15,17). The van der Waals surface area contributed by atoms with Gasteiger partial charge in [-0.25, -0.2) is 0 Å². The summed E-state index contributed by atoms with van der Waals surface area (Å²) < 4.78 is 0. The first-order chi connectivity index (χ1) is 8.60. The van der Waals surface area contributed by atoms with E-state index >= 15 is 0 Å². The number of anilines is 2. The number of hydrogen-bond acceptors (Lipinski definition) is 4. The molecule has 18 heavy (non-hydrogen) atoms. The minimum absolute atomic E-state index is 0.0736. The van der Waals surface area contributed by atoms with Crippen molar-refractivity contribution in [1.82, 2.24) is 5.32 Å². The summed E-state index contributed by atoms with van der Waals surface area (Å²) in [7, 11) is 3.72. The number of carbonyl (C=O) groups is 1. The van der Waals surface area contributed by atoms with Gasteiger partial charge in [-0.15, -0.1) is 11.3 Å². The molecule has 0 radical (unpaired) electrons. The molecule has 0 aromatic carbocycles. The molecule has 1 aliphatic carbocycles. The fourth-order valence-corrected chi connectivity index (χ4v) is 3.46. The summed E-state index contributed by atoms with van der Waals surface area (Å²) in [5.74, 6) is 0.490. The molecule has 1 saturated carbocycles. The first kappa shape index (κ1) is 13.2.